The number of amides is 1. The van der Waals surface area contributed by atoms with E-state index in [-0.39, 0.29) is 11.5 Å². The molecule has 1 heterocycles. The number of rotatable bonds is 0. The third-order valence-electron chi connectivity index (χ3n) is 4.16. The van der Waals surface area contributed by atoms with E-state index in [1.54, 1.807) is 4.90 Å². The molecular formula is C15H25NO3. The van der Waals surface area contributed by atoms with Gasteiger partial charge >= 0.3 is 6.09 Å². The predicted octanol–water partition coefficient (Wildman–Crippen LogP) is 3.15. The molecule has 1 aliphatic carbocycles. The van der Waals surface area contributed by atoms with Crippen molar-refractivity contribution in [3.05, 3.63) is 0 Å². The molecule has 0 bridgehead atoms. The first kappa shape index (κ1) is 14.4. The molecule has 4 heteroatoms. The summed E-state index contributed by atoms with van der Waals surface area (Å²) in [6.45, 7) is 6.68. The van der Waals surface area contributed by atoms with Crippen LogP contribution in [-0.4, -0.2) is 35.5 Å². The van der Waals surface area contributed by atoms with Crippen molar-refractivity contribution in [1.29, 1.82) is 0 Å². The average Bonchev–Trinajstić information content (AvgIpc) is 2.32. The average molecular weight is 267 g/mol. The molecular weight excluding hydrogens is 242 g/mol. The Morgan fingerprint density at radius 1 is 1.21 bits per heavy atom. The third kappa shape index (κ3) is 3.28. The summed E-state index contributed by atoms with van der Waals surface area (Å²) < 4.78 is 5.42. The first-order chi connectivity index (χ1) is 8.82. The summed E-state index contributed by atoms with van der Waals surface area (Å²) in [4.78, 5) is 26.1. The van der Waals surface area contributed by atoms with Crippen molar-refractivity contribution in [2.75, 3.05) is 13.1 Å². The lowest BCUT2D eigenvalue weighted by Gasteiger charge is -2.43. The largest absolute Gasteiger partial charge is 0.444 e. The highest BCUT2D eigenvalue weighted by Gasteiger charge is 2.44. The number of nitrogens with zero attached hydrogens (tertiary/aromatic N) is 1. The first-order valence-corrected chi connectivity index (χ1v) is 7.34. The van der Waals surface area contributed by atoms with E-state index in [4.69, 9.17) is 4.74 Å². The van der Waals surface area contributed by atoms with Crippen LogP contribution < -0.4 is 0 Å². The Hall–Kier alpha value is -1.06. The zero-order valence-electron chi connectivity index (χ0n) is 12.3. The van der Waals surface area contributed by atoms with Gasteiger partial charge in [-0.3, -0.25) is 4.79 Å². The Morgan fingerprint density at radius 2 is 1.84 bits per heavy atom. The van der Waals surface area contributed by atoms with Gasteiger partial charge in [-0.15, -0.1) is 0 Å². The number of ketones is 1. The van der Waals surface area contributed by atoms with Gasteiger partial charge in [-0.25, -0.2) is 4.79 Å². The molecule has 4 nitrogen and oxygen atoms in total. The zero-order valence-corrected chi connectivity index (χ0v) is 12.3. The van der Waals surface area contributed by atoms with Crippen LogP contribution >= 0.6 is 0 Å². The summed E-state index contributed by atoms with van der Waals surface area (Å²) >= 11 is 0. The smallest absolute Gasteiger partial charge is 0.410 e. The van der Waals surface area contributed by atoms with E-state index in [0.717, 1.165) is 25.7 Å². The fraction of sp³-hybridized carbons (Fsp3) is 0.867. The molecule has 0 radical (unpaired) electrons. The molecule has 1 spiro atoms. The van der Waals surface area contributed by atoms with Crippen molar-refractivity contribution < 1.29 is 14.3 Å². The molecule has 0 aromatic rings. The minimum absolute atomic E-state index is 0.270. The number of piperidine rings is 1. The van der Waals surface area contributed by atoms with Crippen LogP contribution in [0.1, 0.15) is 59.3 Å². The van der Waals surface area contributed by atoms with Gasteiger partial charge in [0.2, 0.25) is 0 Å². The Labute approximate surface area is 115 Å². The molecule has 0 aromatic heterocycles. The summed E-state index contributed by atoms with van der Waals surface area (Å²) in [5.41, 5.74) is -0.744. The van der Waals surface area contributed by atoms with E-state index < -0.39 is 5.60 Å². The second-order valence-electron chi connectivity index (χ2n) is 6.92. The summed E-state index contributed by atoms with van der Waals surface area (Å²) in [6.07, 6.45) is 5.50. The highest BCUT2D eigenvalue weighted by atomic mass is 16.6. The van der Waals surface area contributed by atoms with Crippen LogP contribution in [0.4, 0.5) is 4.79 Å². The van der Waals surface area contributed by atoms with Crippen LogP contribution in [0.25, 0.3) is 0 Å². The quantitative estimate of drug-likeness (QED) is 0.677. The maximum absolute atomic E-state index is 12.2. The standard InChI is InChI=1S/C15H25NO3/c1-14(2,3)19-13(18)16-10-7-12(17)15(11-16)8-5-4-6-9-15/h4-11H2,1-3H3. The number of likely N-dealkylation sites (tertiary alicyclic amines) is 1. The van der Waals surface area contributed by atoms with Crippen molar-refractivity contribution in [3.8, 4) is 0 Å². The van der Waals surface area contributed by atoms with Gasteiger partial charge in [0.1, 0.15) is 11.4 Å². The van der Waals surface area contributed by atoms with Crippen LogP contribution in [0.2, 0.25) is 0 Å². The highest BCUT2D eigenvalue weighted by molar-refractivity contribution is 5.87. The van der Waals surface area contributed by atoms with Gasteiger partial charge in [-0.1, -0.05) is 19.3 Å². The fourth-order valence-electron chi connectivity index (χ4n) is 3.18. The van der Waals surface area contributed by atoms with Crippen LogP contribution in [0.3, 0.4) is 0 Å². The van der Waals surface area contributed by atoms with Crippen LogP contribution in [-0.2, 0) is 9.53 Å². The molecule has 0 aromatic carbocycles. The van der Waals surface area contributed by atoms with Crippen LogP contribution in [0.15, 0.2) is 0 Å². The molecule has 1 aliphatic heterocycles. The van der Waals surface area contributed by atoms with Crippen LogP contribution in [0, 0.1) is 5.41 Å². The molecule has 2 fully saturated rings. The minimum Gasteiger partial charge on any atom is -0.444 e. The molecule has 1 saturated heterocycles. The molecule has 108 valence electrons. The lowest BCUT2D eigenvalue weighted by Crippen LogP contribution is -2.53. The van der Waals surface area contributed by atoms with E-state index in [2.05, 4.69) is 0 Å². The minimum atomic E-state index is -0.474. The van der Waals surface area contributed by atoms with E-state index in [0.29, 0.717) is 25.3 Å². The van der Waals surface area contributed by atoms with Gasteiger partial charge in [0.05, 0.1) is 0 Å². The third-order valence-corrected chi connectivity index (χ3v) is 4.16. The van der Waals surface area contributed by atoms with Gasteiger partial charge < -0.3 is 9.64 Å². The Bertz CT molecular complexity index is 364. The van der Waals surface area contributed by atoms with Gasteiger partial charge in [0.15, 0.2) is 0 Å². The van der Waals surface area contributed by atoms with Gasteiger partial charge in [-0.05, 0) is 33.6 Å². The molecule has 2 aliphatic rings. The normalized spacial score (nSPS) is 23.5. The summed E-state index contributed by atoms with van der Waals surface area (Å²) in [7, 11) is 0. The highest BCUT2D eigenvalue weighted by Crippen LogP contribution is 2.41. The van der Waals surface area contributed by atoms with Crippen molar-refractivity contribution in [1.82, 2.24) is 4.90 Å². The maximum atomic E-state index is 12.2. The number of carbonyl (C=O) groups is 2. The van der Waals surface area contributed by atoms with E-state index in [9.17, 15) is 9.59 Å². The molecule has 2 rings (SSSR count). The number of Topliss-reactive ketones (excluding diaryl/α,β-unsaturated/α-hetero) is 1. The van der Waals surface area contributed by atoms with Crippen molar-refractivity contribution in [2.24, 2.45) is 5.41 Å². The van der Waals surface area contributed by atoms with Crippen molar-refractivity contribution >= 4 is 11.9 Å². The monoisotopic (exact) mass is 267 g/mol. The maximum Gasteiger partial charge on any atom is 0.410 e. The van der Waals surface area contributed by atoms with Gasteiger partial charge in [0.25, 0.3) is 0 Å². The second-order valence-corrected chi connectivity index (χ2v) is 6.92. The van der Waals surface area contributed by atoms with Crippen LogP contribution in [0.5, 0.6) is 0 Å². The molecule has 19 heavy (non-hydrogen) atoms. The molecule has 0 N–H and O–H groups in total. The van der Waals surface area contributed by atoms with Crippen molar-refractivity contribution in [2.45, 2.75) is 64.9 Å². The zero-order chi connectivity index (χ0) is 14.1. The summed E-state index contributed by atoms with van der Waals surface area (Å²) in [5, 5.41) is 0. The summed E-state index contributed by atoms with van der Waals surface area (Å²) in [5.74, 6) is 0.354. The Kier molecular flexibility index (Phi) is 3.88. The topological polar surface area (TPSA) is 46.6 Å². The van der Waals surface area contributed by atoms with Crippen molar-refractivity contribution in [3.63, 3.8) is 0 Å². The lowest BCUT2D eigenvalue weighted by molar-refractivity contribution is -0.135. The Morgan fingerprint density at radius 3 is 2.42 bits per heavy atom. The molecule has 1 amide bonds. The number of hydrogen-bond acceptors (Lipinski definition) is 3. The number of ether oxygens (including phenoxy) is 1. The molecule has 0 unspecified atom stereocenters. The number of carbonyl (C=O) groups excluding carboxylic acids is 2. The predicted molar refractivity (Wildman–Crippen MR) is 72.9 cm³/mol. The molecule has 0 atom stereocenters. The first-order valence-electron chi connectivity index (χ1n) is 7.34. The summed E-state index contributed by atoms with van der Waals surface area (Å²) in [6, 6.07) is 0. The van der Waals surface area contributed by atoms with Gasteiger partial charge in [-0.2, -0.15) is 0 Å². The van der Waals surface area contributed by atoms with E-state index in [1.807, 2.05) is 20.8 Å². The molecule has 1 saturated carbocycles. The lowest BCUT2D eigenvalue weighted by atomic mass is 9.68. The SMILES string of the molecule is CC(C)(C)OC(=O)N1CCC(=O)C2(CCCCC2)C1. The second kappa shape index (κ2) is 5.14. The van der Waals surface area contributed by atoms with E-state index >= 15 is 0 Å². The number of hydrogen-bond donors (Lipinski definition) is 0. The van der Waals surface area contributed by atoms with Gasteiger partial charge in [0, 0.05) is 24.9 Å². The fourth-order valence-corrected chi connectivity index (χ4v) is 3.18. The Balaban J connectivity index is 2.04. The van der Waals surface area contributed by atoms with E-state index in [1.165, 1.54) is 6.42 Å².